The standard InChI is InChI=1S/C19H16F4N2O3/c1-25(10-11-4-2-3-5-16(11)28-19(21,22)23)18(27)14-9-17(26)24-15-8-12(20)6-7-13(14)15/h2-8,14H,9-10H2,1H3,(H,24,26)/t14-/m1/s1. The lowest BCUT2D eigenvalue weighted by molar-refractivity contribution is -0.275. The maximum atomic E-state index is 13.4. The van der Waals surface area contributed by atoms with Gasteiger partial charge in [-0.15, -0.1) is 13.2 Å². The van der Waals surface area contributed by atoms with E-state index in [1.807, 2.05) is 0 Å². The number of halogens is 4. The van der Waals surface area contributed by atoms with Crippen molar-refractivity contribution in [3.63, 3.8) is 0 Å². The molecule has 0 aliphatic carbocycles. The Hall–Kier alpha value is -3.10. The summed E-state index contributed by atoms with van der Waals surface area (Å²) in [5.41, 5.74) is 0.830. The maximum Gasteiger partial charge on any atom is 0.573 e. The quantitative estimate of drug-likeness (QED) is 0.800. The SMILES string of the molecule is CN(Cc1ccccc1OC(F)(F)F)C(=O)[C@@H]1CC(=O)Nc2cc(F)ccc21. The van der Waals surface area contributed by atoms with E-state index in [2.05, 4.69) is 10.1 Å². The molecule has 1 aliphatic rings. The van der Waals surface area contributed by atoms with Crippen LogP contribution in [0.3, 0.4) is 0 Å². The lowest BCUT2D eigenvalue weighted by Crippen LogP contribution is -2.36. The molecule has 0 spiro atoms. The van der Waals surface area contributed by atoms with Crippen LogP contribution in [0.2, 0.25) is 0 Å². The Morgan fingerprint density at radius 1 is 1.25 bits per heavy atom. The molecule has 0 saturated carbocycles. The first-order valence-corrected chi connectivity index (χ1v) is 8.32. The van der Waals surface area contributed by atoms with Crippen LogP contribution in [-0.2, 0) is 16.1 Å². The molecule has 5 nitrogen and oxygen atoms in total. The summed E-state index contributed by atoms with van der Waals surface area (Å²) in [6, 6.07) is 9.23. The third kappa shape index (κ3) is 4.41. The third-order valence-electron chi connectivity index (χ3n) is 4.33. The van der Waals surface area contributed by atoms with Gasteiger partial charge in [-0.2, -0.15) is 0 Å². The molecule has 0 bridgehead atoms. The van der Waals surface area contributed by atoms with Gasteiger partial charge in [-0.25, -0.2) is 4.39 Å². The highest BCUT2D eigenvalue weighted by Crippen LogP contribution is 2.34. The zero-order chi connectivity index (χ0) is 20.5. The van der Waals surface area contributed by atoms with E-state index in [0.29, 0.717) is 5.56 Å². The van der Waals surface area contributed by atoms with E-state index < -0.39 is 35.7 Å². The maximum absolute atomic E-state index is 13.4. The van der Waals surface area contributed by atoms with E-state index >= 15 is 0 Å². The van der Waals surface area contributed by atoms with E-state index in [1.165, 1.54) is 42.3 Å². The molecule has 28 heavy (non-hydrogen) atoms. The van der Waals surface area contributed by atoms with Gasteiger partial charge in [0.1, 0.15) is 11.6 Å². The van der Waals surface area contributed by atoms with Crippen LogP contribution in [0, 0.1) is 5.82 Å². The number of hydrogen-bond acceptors (Lipinski definition) is 3. The highest BCUT2D eigenvalue weighted by Gasteiger charge is 2.34. The Kier molecular flexibility index (Phi) is 5.26. The van der Waals surface area contributed by atoms with E-state index in [9.17, 15) is 27.2 Å². The summed E-state index contributed by atoms with van der Waals surface area (Å²) < 4.78 is 55.1. The molecule has 0 radical (unpaired) electrons. The first-order valence-electron chi connectivity index (χ1n) is 8.32. The summed E-state index contributed by atoms with van der Waals surface area (Å²) >= 11 is 0. The summed E-state index contributed by atoms with van der Waals surface area (Å²) in [4.78, 5) is 26.0. The number of nitrogens with zero attached hydrogens (tertiary/aromatic N) is 1. The number of amides is 2. The second-order valence-corrected chi connectivity index (χ2v) is 6.39. The van der Waals surface area contributed by atoms with Gasteiger partial charge in [0, 0.05) is 31.3 Å². The van der Waals surface area contributed by atoms with Gasteiger partial charge in [-0.1, -0.05) is 24.3 Å². The lowest BCUT2D eigenvalue weighted by atomic mass is 9.89. The van der Waals surface area contributed by atoms with E-state index in [1.54, 1.807) is 0 Å². The second-order valence-electron chi connectivity index (χ2n) is 6.39. The average molecular weight is 396 g/mol. The van der Waals surface area contributed by atoms with Gasteiger partial charge in [0.2, 0.25) is 11.8 Å². The fraction of sp³-hybridized carbons (Fsp3) is 0.263. The molecule has 2 aromatic rings. The fourth-order valence-electron chi connectivity index (χ4n) is 3.12. The summed E-state index contributed by atoms with van der Waals surface area (Å²) in [6.45, 7) is -0.153. The minimum Gasteiger partial charge on any atom is -0.405 e. The second kappa shape index (κ2) is 7.49. The van der Waals surface area contributed by atoms with Crippen LogP contribution in [0.5, 0.6) is 5.75 Å². The Bertz CT molecular complexity index is 914. The number of para-hydroxylation sites is 1. The van der Waals surface area contributed by atoms with Crippen LogP contribution in [0.4, 0.5) is 23.2 Å². The van der Waals surface area contributed by atoms with Crippen molar-refractivity contribution in [2.75, 3.05) is 12.4 Å². The van der Waals surface area contributed by atoms with Crippen molar-refractivity contribution in [2.24, 2.45) is 0 Å². The largest absolute Gasteiger partial charge is 0.573 e. The number of ether oxygens (including phenoxy) is 1. The predicted molar refractivity (Wildman–Crippen MR) is 92.0 cm³/mol. The highest BCUT2D eigenvalue weighted by molar-refractivity contribution is 6.01. The smallest absolute Gasteiger partial charge is 0.405 e. The van der Waals surface area contributed by atoms with Gasteiger partial charge in [0.25, 0.3) is 0 Å². The van der Waals surface area contributed by atoms with Gasteiger partial charge in [-0.05, 0) is 23.8 Å². The van der Waals surface area contributed by atoms with Crippen LogP contribution >= 0.6 is 0 Å². The molecule has 9 heteroatoms. The third-order valence-corrected chi connectivity index (χ3v) is 4.33. The number of rotatable bonds is 4. The first kappa shape index (κ1) is 19.7. The number of carbonyl (C=O) groups is 2. The molecule has 1 aliphatic heterocycles. The number of anilines is 1. The molecular weight excluding hydrogens is 380 g/mol. The molecule has 3 rings (SSSR count). The zero-order valence-electron chi connectivity index (χ0n) is 14.7. The number of hydrogen-bond donors (Lipinski definition) is 1. The number of fused-ring (bicyclic) bond motifs is 1. The lowest BCUT2D eigenvalue weighted by Gasteiger charge is -2.29. The zero-order valence-corrected chi connectivity index (χ0v) is 14.7. The summed E-state index contributed by atoms with van der Waals surface area (Å²) in [6.07, 6.45) is -4.99. The molecule has 0 unspecified atom stereocenters. The number of likely N-dealkylation sites (N-methyl/N-ethyl adjacent to an activating group) is 1. The number of carbonyl (C=O) groups excluding carboxylic acids is 2. The number of benzene rings is 2. The molecule has 1 heterocycles. The minimum absolute atomic E-state index is 0.136. The molecule has 0 aromatic heterocycles. The minimum atomic E-state index is -4.86. The van der Waals surface area contributed by atoms with Crippen molar-refractivity contribution in [3.8, 4) is 5.75 Å². The van der Waals surface area contributed by atoms with Crippen molar-refractivity contribution in [1.82, 2.24) is 4.90 Å². The van der Waals surface area contributed by atoms with E-state index in [-0.39, 0.29) is 24.2 Å². The Morgan fingerprint density at radius 3 is 2.68 bits per heavy atom. The van der Waals surface area contributed by atoms with Crippen LogP contribution in [0.15, 0.2) is 42.5 Å². The van der Waals surface area contributed by atoms with Gasteiger partial charge in [-0.3, -0.25) is 9.59 Å². The summed E-state index contributed by atoms with van der Waals surface area (Å²) in [7, 11) is 1.42. The number of alkyl halides is 3. The first-order chi connectivity index (χ1) is 13.1. The van der Waals surface area contributed by atoms with Crippen LogP contribution < -0.4 is 10.1 Å². The van der Waals surface area contributed by atoms with Gasteiger partial charge in [0.15, 0.2) is 0 Å². The average Bonchev–Trinajstić information content (AvgIpc) is 2.60. The molecule has 1 N–H and O–H groups in total. The Labute approximate surface area is 157 Å². The van der Waals surface area contributed by atoms with Gasteiger partial charge < -0.3 is 15.0 Å². The van der Waals surface area contributed by atoms with Crippen molar-refractivity contribution in [1.29, 1.82) is 0 Å². The Morgan fingerprint density at radius 2 is 1.96 bits per heavy atom. The van der Waals surface area contributed by atoms with Crippen molar-refractivity contribution in [2.45, 2.75) is 25.2 Å². The molecular formula is C19H16F4N2O3. The van der Waals surface area contributed by atoms with Crippen molar-refractivity contribution >= 4 is 17.5 Å². The van der Waals surface area contributed by atoms with Gasteiger partial charge >= 0.3 is 6.36 Å². The molecule has 2 aromatic carbocycles. The monoisotopic (exact) mass is 396 g/mol. The normalized spacial score (nSPS) is 16.2. The van der Waals surface area contributed by atoms with Crippen molar-refractivity contribution < 1.29 is 31.9 Å². The van der Waals surface area contributed by atoms with Crippen LogP contribution in [0.1, 0.15) is 23.5 Å². The topological polar surface area (TPSA) is 58.6 Å². The summed E-state index contributed by atoms with van der Waals surface area (Å²) in [5, 5.41) is 2.51. The summed E-state index contributed by atoms with van der Waals surface area (Å²) in [5.74, 6) is -2.72. The van der Waals surface area contributed by atoms with Crippen molar-refractivity contribution in [3.05, 3.63) is 59.4 Å². The molecule has 0 saturated heterocycles. The highest BCUT2D eigenvalue weighted by atomic mass is 19.4. The van der Waals surface area contributed by atoms with E-state index in [4.69, 9.17) is 0 Å². The molecule has 1 atom stereocenters. The molecule has 148 valence electrons. The van der Waals surface area contributed by atoms with Gasteiger partial charge in [0.05, 0.1) is 5.92 Å². The number of nitrogens with one attached hydrogen (secondary N) is 1. The fourth-order valence-corrected chi connectivity index (χ4v) is 3.12. The molecule has 2 amide bonds. The predicted octanol–water partition coefficient (Wildman–Crippen LogP) is 3.81. The Balaban J connectivity index is 1.82. The van der Waals surface area contributed by atoms with Crippen LogP contribution in [-0.4, -0.2) is 30.1 Å². The van der Waals surface area contributed by atoms with Crippen LogP contribution in [0.25, 0.3) is 0 Å². The molecule has 0 fully saturated rings. The van der Waals surface area contributed by atoms with E-state index in [0.717, 1.165) is 12.1 Å².